The van der Waals surface area contributed by atoms with Gasteiger partial charge in [0.15, 0.2) is 0 Å². The second-order valence-corrected chi connectivity index (χ2v) is 5.22. The molecule has 0 spiro atoms. The van der Waals surface area contributed by atoms with Crippen LogP contribution >= 0.6 is 0 Å². The van der Waals surface area contributed by atoms with E-state index >= 15 is 0 Å². The van der Waals surface area contributed by atoms with Crippen molar-refractivity contribution in [3.8, 4) is 11.8 Å². The molecule has 0 saturated heterocycles. The lowest BCUT2D eigenvalue weighted by Crippen LogP contribution is -2.23. The number of fused-ring (bicyclic) bond motifs is 1. The monoisotopic (exact) mass is 252 g/mol. The van der Waals surface area contributed by atoms with Gasteiger partial charge in [-0.05, 0) is 25.0 Å². The maximum atomic E-state index is 9.36. The number of rotatable bonds is 3. The summed E-state index contributed by atoms with van der Waals surface area (Å²) in [6.45, 7) is 0.471. The van der Waals surface area contributed by atoms with Gasteiger partial charge in [-0.3, -0.25) is 4.98 Å². The Hall–Kier alpha value is -2.08. The van der Waals surface area contributed by atoms with Crippen molar-refractivity contribution in [3.63, 3.8) is 0 Å². The van der Waals surface area contributed by atoms with Gasteiger partial charge in [0.1, 0.15) is 17.9 Å². The summed E-state index contributed by atoms with van der Waals surface area (Å²) in [7, 11) is 0. The summed E-state index contributed by atoms with van der Waals surface area (Å²) >= 11 is 0. The third kappa shape index (κ3) is 2.26. The van der Waals surface area contributed by atoms with E-state index < -0.39 is 0 Å². The molecule has 0 atom stereocenters. The first-order valence-corrected chi connectivity index (χ1v) is 6.71. The van der Waals surface area contributed by atoms with Crippen LogP contribution in [0.25, 0.3) is 10.9 Å². The molecule has 1 aliphatic carbocycles. The quantitative estimate of drug-likeness (QED) is 0.836. The largest absolute Gasteiger partial charge is 0.490 e. The molecule has 3 rings (SSSR count). The first-order valence-electron chi connectivity index (χ1n) is 6.71. The predicted molar refractivity (Wildman–Crippen MR) is 73.8 cm³/mol. The highest BCUT2D eigenvalue weighted by molar-refractivity contribution is 5.84. The molecule has 0 radical (unpaired) electrons. The van der Waals surface area contributed by atoms with E-state index in [9.17, 15) is 5.26 Å². The molecule has 3 heteroatoms. The summed E-state index contributed by atoms with van der Waals surface area (Å²) in [5, 5.41) is 10.4. The van der Waals surface area contributed by atoms with Crippen LogP contribution in [0, 0.1) is 16.7 Å². The number of benzene rings is 1. The number of para-hydroxylation sites is 1. The molecule has 0 amide bonds. The van der Waals surface area contributed by atoms with Gasteiger partial charge >= 0.3 is 0 Å². The van der Waals surface area contributed by atoms with Crippen molar-refractivity contribution in [3.05, 3.63) is 36.5 Å². The number of pyridine rings is 1. The highest BCUT2D eigenvalue weighted by Crippen LogP contribution is 2.38. The van der Waals surface area contributed by atoms with Gasteiger partial charge in [-0.2, -0.15) is 5.26 Å². The molecule has 0 bridgehead atoms. The fraction of sp³-hybridized carbons (Fsp3) is 0.375. The summed E-state index contributed by atoms with van der Waals surface area (Å²) in [5.41, 5.74) is 0.577. The van der Waals surface area contributed by atoms with E-state index in [1.807, 2.05) is 30.3 Å². The smallest absolute Gasteiger partial charge is 0.145 e. The summed E-state index contributed by atoms with van der Waals surface area (Å²) in [6, 6.07) is 12.3. The Labute approximate surface area is 112 Å². The van der Waals surface area contributed by atoms with Gasteiger partial charge in [-0.25, -0.2) is 0 Å². The van der Waals surface area contributed by atoms with Gasteiger partial charge in [-0.15, -0.1) is 0 Å². The second-order valence-electron chi connectivity index (χ2n) is 5.22. The van der Waals surface area contributed by atoms with Crippen molar-refractivity contribution >= 4 is 10.9 Å². The lowest BCUT2D eigenvalue weighted by Gasteiger charge is -2.20. The van der Waals surface area contributed by atoms with E-state index in [0.29, 0.717) is 6.61 Å². The molecule has 2 aromatic rings. The van der Waals surface area contributed by atoms with E-state index in [1.54, 1.807) is 6.20 Å². The van der Waals surface area contributed by atoms with Crippen LogP contribution in [-0.2, 0) is 0 Å². The number of ether oxygens (including phenoxy) is 1. The SMILES string of the molecule is N#CC1(COc2cccc3cccnc23)CCCC1. The van der Waals surface area contributed by atoms with E-state index in [1.165, 1.54) is 0 Å². The minimum Gasteiger partial charge on any atom is -0.490 e. The van der Waals surface area contributed by atoms with Gasteiger partial charge in [0.25, 0.3) is 0 Å². The summed E-state index contributed by atoms with van der Waals surface area (Å²) in [4.78, 5) is 4.37. The number of nitrogens with zero attached hydrogens (tertiary/aromatic N) is 2. The summed E-state index contributed by atoms with van der Waals surface area (Å²) in [6.07, 6.45) is 5.92. The molecule has 1 heterocycles. The van der Waals surface area contributed by atoms with Gasteiger partial charge in [-0.1, -0.05) is 31.0 Å². The Morgan fingerprint density at radius 2 is 2.00 bits per heavy atom. The van der Waals surface area contributed by atoms with Crippen LogP contribution in [0.2, 0.25) is 0 Å². The molecule has 96 valence electrons. The molecule has 19 heavy (non-hydrogen) atoms. The third-order valence-corrected chi connectivity index (χ3v) is 3.90. The number of nitriles is 1. The normalized spacial score (nSPS) is 17.2. The molecule has 0 N–H and O–H groups in total. The average molecular weight is 252 g/mol. The van der Waals surface area contributed by atoms with Gasteiger partial charge in [0.2, 0.25) is 0 Å². The van der Waals surface area contributed by atoms with E-state index in [2.05, 4.69) is 11.1 Å². The molecule has 1 aromatic heterocycles. The van der Waals surface area contributed by atoms with Crippen molar-refractivity contribution < 1.29 is 4.74 Å². The van der Waals surface area contributed by atoms with Crippen LogP contribution in [0.15, 0.2) is 36.5 Å². The number of aromatic nitrogens is 1. The molecule has 1 aromatic carbocycles. The first kappa shape index (κ1) is 12.0. The fourth-order valence-electron chi connectivity index (χ4n) is 2.75. The van der Waals surface area contributed by atoms with Crippen LogP contribution in [0.5, 0.6) is 5.75 Å². The lowest BCUT2D eigenvalue weighted by atomic mass is 9.89. The minimum atomic E-state index is -0.295. The van der Waals surface area contributed by atoms with Crippen molar-refractivity contribution in [2.45, 2.75) is 25.7 Å². The maximum absolute atomic E-state index is 9.36. The minimum absolute atomic E-state index is 0.295. The van der Waals surface area contributed by atoms with E-state index in [-0.39, 0.29) is 5.41 Å². The van der Waals surface area contributed by atoms with Crippen LogP contribution in [-0.4, -0.2) is 11.6 Å². The highest BCUT2D eigenvalue weighted by Gasteiger charge is 2.35. The number of hydrogen-bond donors (Lipinski definition) is 0. The second kappa shape index (κ2) is 4.89. The van der Waals surface area contributed by atoms with Crippen molar-refractivity contribution in [2.75, 3.05) is 6.61 Å². The summed E-state index contributed by atoms with van der Waals surface area (Å²) < 4.78 is 5.91. The zero-order valence-corrected chi connectivity index (χ0v) is 10.8. The van der Waals surface area contributed by atoms with E-state index in [0.717, 1.165) is 42.3 Å². The molecule has 1 fully saturated rings. The van der Waals surface area contributed by atoms with Gasteiger partial charge < -0.3 is 4.74 Å². The van der Waals surface area contributed by atoms with Crippen LogP contribution in [0.3, 0.4) is 0 Å². The molecule has 0 aliphatic heterocycles. The summed E-state index contributed by atoms with van der Waals surface area (Å²) in [5.74, 6) is 0.777. The molecule has 1 saturated carbocycles. The molecular weight excluding hydrogens is 236 g/mol. The Kier molecular flexibility index (Phi) is 3.08. The lowest BCUT2D eigenvalue weighted by molar-refractivity contribution is 0.203. The van der Waals surface area contributed by atoms with Crippen molar-refractivity contribution in [1.82, 2.24) is 4.98 Å². The van der Waals surface area contributed by atoms with Gasteiger partial charge in [0.05, 0.1) is 11.5 Å². The Morgan fingerprint density at radius 3 is 2.79 bits per heavy atom. The average Bonchev–Trinajstić information content (AvgIpc) is 2.94. The Bertz CT molecular complexity index is 619. The third-order valence-electron chi connectivity index (χ3n) is 3.90. The van der Waals surface area contributed by atoms with Crippen LogP contribution in [0.1, 0.15) is 25.7 Å². The number of hydrogen-bond acceptors (Lipinski definition) is 3. The van der Waals surface area contributed by atoms with Crippen molar-refractivity contribution in [1.29, 1.82) is 5.26 Å². The maximum Gasteiger partial charge on any atom is 0.145 e. The first-order chi connectivity index (χ1) is 9.33. The predicted octanol–water partition coefficient (Wildman–Crippen LogP) is 3.70. The zero-order valence-electron chi connectivity index (χ0n) is 10.8. The zero-order chi connectivity index (χ0) is 13.1. The molecular formula is C16H16N2O. The standard InChI is InChI=1S/C16H16N2O/c17-11-16(8-1-2-9-16)12-19-14-7-3-5-13-6-4-10-18-15(13)14/h3-7,10H,1-2,8-9,12H2. The van der Waals surface area contributed by atoms with E-state index in [4.69, 9.17) is 4.74 Å². The molecule has 3 nitrogen and oxygen atoms in total. The van der Waals surface area contributed by atoms with Crippen LogP contribution in [0.4, 0.5) is 0 Å². The Balaban J connectivity index is 1.84. The molecule has 1 aliphatic rings. The fourth-order valence-corrected chi connectivity index (χ4v) is 2.75. The molecule has 0 unspecified atom stereocenters. The van der Waals surface area contributed by atoms with Crippen molar-refractivity contribution in [2.24, 2.45) is 5.41 Å². The Morgan fingerprint density at radius 1 is 1.21 bits per heavy atom. The topological polar surface area (TPSA) is 45.9 Å². The van der Waals surface area contributed by atoms with Crippen LogP contribution < -0.4 is 4.74 Å². The highest BCUT2D eigenvalue weighted by atomic mass is 16.5. The van der Waals surface area contributed by atoms with Gasteiger partial charge in [0, 0.05) is 11.6 Å².